The van der Waals surface area contributed by atoms with Crippen molar-refractivity contribution in [1.29, 1.82) is 0 Å². The molecular formula is C16H18N4O2. The highest BCUT2D eigenvalue weighted by Gasteiger charge is 2.25. The standard InChI is InChI=1S/C16H18N4O2/c1-12-2-4-13(5-3-12)10-19-8-7-18-15(19)16(22)20-9-6-17-14(21)11-20/h2-5,7-8H,6,9-11H2,1H3,(H,17,21). The lowest BCUT2D eigenvalue weighted by atomic mass is 10.1. The van der Waals surface area contributed by atoms with Crippen molar-refractivity contribution in [2.24, 2.45) is 0 Å². The first kappa shape index (κ1) is 14.3. The maximum absolute atomic E-state index is 12.5. The maximum Gasteiger partial charge on any atom is 0.290 e. The monoisotopic (exact) mass is 298 g/mol. The lowest BCUT2D eigenvalue weighted by molar-refractivity contribution is -0.123. The fourth-order valence-electron chi connectivity index (χ4n) is 2.48. The normalized spacial score (nSPS) is 14.8. The molecule has 0 aliphatic carbocycles. The molecule has 0 bridgehead atoms. The number of imidazole rings is 1. The predicted molar refractivity (Wildman–Crippen MR) is 81.4 cm³/mol. The van der Waals surface area contributed by atoms with Gasteiger partial charge in [-0.25, -0.2) is 4.98 Å². The summed E-state index contributed by atoms with van der Waals surface area (Å²) in [6, 6.07) is 8.17. The Kier molecular flexibility index (Phi) is 3.91. The van der Waals surface area contributed by atoms with Gasteiger partial charge in [0.2, 0.25) is 5.91 Å². The van der Waals surface area contributed by atoms with Crippen LogP contribution >= 0.6 is 0 Å². The van der Waals surface area contributed by atoms with E-state index in [0.717, 1.165) is 5.56 Å². The zero-order chi connectivity index (χ0) is 15.5. The Morgan fingerprint density at radius 3 is 2.82 bits per heavy atom. The van der Waals surface area contributed by atoms with Gasteiger partial charge in [0.25, 0.3) is 5.91 Å². The van der Waals surface area contributed by atoms with Crippen LogP contribution in [0.25, 0.3) is 0 Å². The predicted octanol–water partition coefficient (Wildman–Crippen LogP) is 0.812. The maximum atomic E-state index is 12.5. The number of aromatic nitrogens is 2. The molecule has 0 atom stereocenters. The third-order valence-corrected chi connectivity index (χ3v) is 3.71. The third kappa shape index (κ3) is 3.00. The molecule has 0 unspecified atom stereocenters. The molecule has 6 nitrogen and oxygen atoms in total. The van der Waals surface area contributed by atoms with E-state index in [1.807, 2.05) is 35.8 Å². The van der Waals surface area contributed by atoms with Crippen molar-refractivity contribution < 1.29 is 9.59 Å². The number of aryl methyl sites for hydroxylation is 1. The van der Waals surface area contributed by atoms with Gasteiger partial charge in [0, 0.05) is 32.0 Å². The topological polar surface area (TPSA) is 67.2 Å². The summed E-state index contributed by atoms with van der Waals surface area (Å²) in [5, 5.41) is 2.71. The minimum absolute atomic E-state index is 0.0935. The lowest BCUT2D eigenvalue weighted by Crippen LogP contribution is -2.50. The second kappa shape index (κ2) is 6.01. The average Bonchev–Trinajstić information content (AvgIpc) is 2.97. The molecule has 114 valence electrons. The second-order valence-electron chi connectivity index (χ2n) is 5.44. The number of hydrogen-bond acceptors (Lipinski definition) is 3. The number of nitrogens with zero attached hydrogens (tertiary/aromatic N) is 3. The van der Waals surface area contributed by atoms with E-state index in [9.17, 15) is 9.59 Å². The molecular weight excluding hydrogens is 280 g/mol. The highest BCUT2D eigenvalue weighted by atomic mass is 16.2. The summed E-state index contributed by atoms with van der Waals surface area (Å²) >= 11 is 0. The summed E-state index contributed by atoms with van der Waals surface area (Å²) in [5.74, 6) is 0.0403. The van der Waals surface area contributed by atoms with Gasteiger partial charge in [0.05, 0.1) is 0 Å². The SMILES string of the molecule is Cc1ccc(Cn2ccnc2C(=O)N2CCNC(=O)C2)cc1. The van der Waals surface area contributed by atoms with Gasteiger partial charge in [-0.05, 0) is 12.5 Å². The number of amides is 2. The highest BCUT2D eigenvalue weighted by Crippen LogP contribution is 2.10. The van der Waals surface area contributed by atoms with Gasteiger partial charge in [-0.1, -0.05) is 29.8 Å². The number of carbonyl (C=O) groups is 2. The van der Waals surface area contributed by atoms with Crippen molar-refractivity contribution in [3.05, 3.63) is 53.6 Å². The van der Waals surface area contributed by atoms with Gasteiger partial charge in [0.15, 0.2) is 5.82 Å². The van der Waals surface area contributed by atoms with Crippen LogP contribution in [0.4, 0.5) is 0 Å². The first-order valence-electron chi connectivity index (χ1n) is 7.26. The van der Waals surface area contributed by atoms with Crippen LogP contribution in [0.3, 0.4) is 0 Å². The molecule has 1 aromatic carbocycles. The quantitative estimate of drug-likeness (QED) is 0.912. The fourth-order valence-corrected chi connectivity index (χ4v) is 2.48. The molecule has 1 aliphatic rings. The van der Waals surface area contributed by atoms with E-state index in [4.69, 9.17) is 0 Å². The smallest absolute Gasteiger partial charge is 0.290 e. The molecule has 3 rings (SSSR count). The van der Waals surface area contributed by atoms with Gasteiger partial charge in [-0.2, -0.15) is 0 Å². The average molecular weight is 298 g/mol. The van der Waals surface area contributed by atoms with Crippen molar-refractivity contribution >= 4 is 11.8 Å². The molecule has 1 aliphatic heterocycles. The van der Waals surface area contributed by atoms with Crippen molar-refractivity contribution in [1.82, 2.24) is 19.8 Å². The molecule has 1 N–H and O–H groups in total. The molecule has 1 saturated heterocycles. The zero-order valence-electron chi connectivity index (χ0n) is 12.5. The number of rotatable bonds is 3. The van der Waals surface area contributed by atoms with E-state index in [1.54, 1.807) is 12.4 Å². The molecule has 22 heavy (non-hydrogen) atoms. The zero-order valence-corrected chi connectivity index (χ0v) is 12.5. The minimum Gasteiger partial charge on any atom is -0.353 e. The largest absolute Gasteiger partial charge is 0.353 e. The number of piperazine rings is 1. The van der Waals surface area contributed by atoms with Gasteiger partial charge in [-0.15, -0.1) is 0 Å². The van der Waals surface area contributed by atoms with Crippen LogP contribution in [0.2, 0.25) is 0 Å². The molecule has 1 fully saturated rings. The summed E-state index contributed by atoms with van der Waals surface area (Å²) < 4.78 is 1.82. The summed E-state index contributed by atoms with van der Waals surface area (Å²) in [5.41, 5.74) is 2.30. The summed E-state index contributed by atoms with van der Waals surface area (Å²) in [7, 11) is 0. The van der Waals surface area contributed by atoms with Crippen LogP contribution in [0, 0.1) is 6.92 Å². The molecule has 2 aromatic rings. The van der Waals surface area contributed by atoms with E-state index in [-0.39, 0.29) is 18.4 Å². The van der Waals surface area contributed by atoms with E-state index >= 15 is 0 Å². The molecule has 0 spiro atoms. The van der Waals surface area contributed by atoms with E-state index in [2.05, 4.69) is 10.3 Å². The van der Waals surface area contributed by atoms with E-state index in [0.29, 0.717) is 25.5 Å². The summed E-state index contributed by atoms with van der Waals surface area (Å²) in [4.78, 5) is 29.7. The van der Waals surface area contributed by atoms with Gasteiger partial charge in [0.1, 0.15) is 6.54 Å². The Labute approximate surface area is 128 Å². The van der Waals surface area contributed by atoms with Crippen LogP contribution in [0.15, 0.2) is 36.7 Å². The number of benzene rings is 1. The fraction of sp³-hybridized carbons (Fsp3) is 0.312. The van der Waals surface area contributed by atoms with E-state index < -0.39 is 0 Å². The first-order valence-corrected chi connectivity index (χ1v) is 7.26. The Bertz CT molecular complexity index is 690. The van der Waals surface area contributed by atoms with Crippen molar-refractivity contribution in [3.8, 4) is 0 Å². The molecule has 2 heterocycles. The highest BCUT2D eigenvalue weighted by molar-refractivity contribution is 5.94. The van der Waals surface area contributed by atoms with Crippen molar-refractivity contribution in [2.75, 3.05) is 19.6 Å². The number of hydrogen-bond donors (Lipinski definition) is 1. The number of carbonyl (C=O) groups excluding carboxylic acids is 2. The molecule has 6 heteroatoms. The molecule has 1 aromatic heterocycles. The minimum atomic E-state index is -0.202. The Morgan fingerprint density at radius 1 is 1.32 bits per heavy atom. The molecule has 2 amide bonds. The van der Waals surface area contributed by atoms with E-state index in [1.165, 1.54) is 10.5 Å². The van der Waals surface area contributed by atoms with Gasteiger partial charge >= 0.3 is 0 Å². The lowest BCUT2D eigenvalue weighted by Gasteiger charge is -2.26. The Morgan fingerprint density at radius 2 is 2.09 bits per heavy atom. The summed E-state index contributed by atoms with van der Waals surface area (Å²) in [6.45, 7) is 3.72. The van der Waals surface area contributed by atoms with Crippen LogP contribution in [0.5, 0.6) is 0 Å². The van der Waals surface area contributed by atoms with Crippen LogP contribution < -0.4 is 5.32 Å². The third-order valence-electron chi connectivity index (χ3n) is 3.71. The summed E-state index contributed by atoms with van der Waals surface area (Å²) in [6.07, 6.45) is 3.41. The first-order chi connectivity index (χ1) is 10.6. The second-order valence-corrected chi connectivity index (χ2v) is 5.44. The molecule has 0 saturated carbocycles. The van der Waals surface area contributed by atoms with Crippen LogP contribution in [0.1, 0.15) is 21.7 Å². The number of nitrogens with one attached hydrogen (secondary N) is 1. The van der Waals surface area contributed by atoms with Crippen molar-refractivity contribution in [3.63, 3.8) is 0 Å². The Balaban J connectivity index is 1.78. The van der Waals surface area contributed by atoms with Gasteiger partial charge < -0.3 is 14.8 Å². The van der Waals surface area contributed by atoms with Crippen LogP contribution in [-0.4, -0.2) is 45.9 Å². The van der Waals surface area contributed by atoms with Crippen LogP contribution in [-0.2, 0) is 11.3 Å². The van der Waals surface area contributed by atoms with Gasteiger partial charge in [-0.3, -0.25) is 9.59 Å². The van der Waals surface area contributed by atoms with Crippen molar-refractivity contribution in [2.45, 2.75) is 13.5 Å². The molecule has 0 radical (unpaired) electrons. The Hall–Kier alpha value is -2.63.